The Hall–Kier alpha value is 0.272. The Balaban J connectivity index is 0. The summed E-state index contributed by atoms with van der Waals surface area (Å²) in [5.74, 6) is 4.53. The molecule has 0 aliphatic carbocycles. The highest BCUT2D eigenvalue weighted by molar-refractivity contribution is 6.31. The fourth-order valence-corrected chi connectivity index (χ4v) is 0. The molecule has 0 radical (unpaired) electrons. The van der Waals surface area contributed by atoms with Crippen molar-refractivity contribution in [2.75, 3.05) is 0 Å². The van der Waals surface area contributed by atoms with Gasteiger partial charge in [0.15, 0.2) is 0 Å². The van der Waals surface area contributed by atoms with Gasteiger partial charge in [-0.1, -0.05) is 6.08 Å². The molecule has 0 N–H and O–H groups in total. The maximum atomic E-state index is 3.36. The summed E-state index contributed by atoms with van der Waals surface area (Å²) < 4.78 is 0. The molecule has 0 unspecified atom stereocenters. The van der Waals surface area contributed by atoms with Crippen molar-refractivity contribution in [1.82, 2.24) is 0 Å². The maximum Gasteiger partial charge on any atom is 0.229 e. The van der Waals surface area contributed by atoms with Gasteiger partial charge in [0.25, 0.3) is 0 Å². The Labute approximate surface area is 47.0 Å². The lowest BCUT2D eigenvalue weighted by atomic mass is 10.8. The van der Waals surface area contributed by atoms with Crippen LogP contribution in [0, 0.1) is 0 Å². The molecule has 0 heterocycles. The largest absolute Gasteiger partial charge is 0.229 e. The molecule has 0 aromatic rings. The van der Waals surface area contributed by atoms with Crippen molar-refractivity contribution in [1.29, 1.82) is 0 Å². The molecular formula is C5H13Al. The quantitative estimate of drug-likeness (QED) is 0.321. The summed E-state index contributed by atoms with van der Waals surface area (Å²) in [6, 6.07) is 0. The van der Waals surface area contributed by atoms with Crippen LogP contribution in [-0.4, -0.2) is 15.2 Å². The van der Waals surface area contributed by atoms with Crippen LogP contribution in [0.15, 0.2) is 12.7 Å². The SMILES string of the molecule is C=CC.[CH3][AlH][CH3]. The number of rotatable bonds is 0. The minimum Gasteiger partial charge on any atom is -0.109 e. The first-order chi connectivity index (χ1) is 2.83. The molecule has 0 saturated heterocycles. The van der Waals surface area contributed by atoms with Crippen LogP contribution in [0.2, 0.25) is 11.6 Å². The van der Waals surface area contributed by atoms with Crippen LogP contribution in [-0.2, 0) is 0 Å². The maximum absolute atomic E-state index is 3.36. The fourth-order valence-electron chi connectivity index (χ4n) is 0. The molecular weight excluding hydrogens is 87.0 g/mol. The molecule has 0 aromatic heterocycles. The minimum absolute atomic E-state index is 0.417. The van der Waals surface area contributed by atoms with E-state index in [9.17, 15) is 0 Å². The van der Waals surface area contributed by atoms with Gasteiger partial charge in [-0.15, -0.1) is 18.2 Å². The lowest BCUT2D eigenvalue weighted by Crippen LogP contribution is -1.53. The van der Waals surface area contributed by atoms with Crippen LogP contribution in [0.5, 0.6) is 0 Å². The van der Waals surface area contributed by atoms with E-state index in [1.54, 1.807) is 6.08 Å². The molecule has 0 spiro atoms. The summed E-state index contributed by atoms with van der Waals surface area (Å²) in [5, 5.41) is 0. The van der Waals surface area contributed by atoms with E-state index < -0.39 is 0 Å². The minimum atomic E-state index is 0.417. The third-order valence-corrected chi connectivity index (χ3v) is 0. The molecule has 1 heteroatoms. The van der Waals surface area contributed by atoms with E-state index >= 15 is 0 Å². The van der Waals surface area contributed by atoms with E-state index in [2.05, 4.69) is 18.2 Å². The van der Waals surface area contributed by atoms with Crippen molar-refractivity contribution in [2.24, 2.45) is 0 Å². The second kappa shape index (κ2) is 18.6. The standard InChI is InChI=1S/C3H6.2CH3.Al.H/c1-3-2;;;;/h3H,1H2,2H3;2*1H3;;. The van der Waals surface area contributed by atoms with Gasteiger partial charge in [-0.2, -0.15) is 0 Å². The smallest absolute Gasteiger partial charge is 0.109 e. The van der Waals surface area contributed by atoms with E-state index in [4.69, 9.17) is 0 Å². The lowest BCUT2D eigenvalue weighted by Gasteiger charge is -1.36. The van der Waals surface area contributed by atoms with Crippen LogP contribution in [0.25, 0.3) is 0 Å². The molecule has 0 fully saturated rings. The van der Waals surface area contributed by atoms with E-state index in [-0.39, 0.29) is 0 Å². The highest BCUT2D eigenvalue weighted by atomic mass is 27.1. The second-order valence-electron chi connectivity index (χ2n) is 1.12. The zero-order chi connectivity index (χ0) is 5.41. The van der Waals surface area contributed by atoms with Crippen LogP contribution in [0.1, 0.15) is 6.92 Å². The Morgan fingerprint density at radius 1 is 1.50 bits per heavy atom. The van der Waals surface area contributed by atoms with Crippen LogP contribution in [0.4, 0.5) is 0 Å². The van der Waals surface area contributed by atoms with E-state index in [1.807, 2.05) is 6.92 Å². The summed E-state index contributed by atoms with van der Waals surface area (Å²) in [7, 11) is 0. The summed E-state index contributed by atoms with van der Waals surface area (Å²) in [5.41, 5.74) is 0. The summed E-state index contributed by atoms with van der Waals surface area (Å²) in [6.07, 6.45) is 1.75. The number of allylic oxidation sites excluding steroid dienone is 1. The normalized spacial score (nSPS) is 4.50. The fraction of sp³-hybridized carbons (Fsp3) is 0.600. The number of hydrogen-bond donors (Lipinski definition) is 0. The van der Waals surface area contributed by atoms with Gasteiger partial charge in [0, 0.05) is 0 Å². The van der Waals surface area contributed by atoms with Crippen LogP contribution < -0.4 is 0 Å². The molecule has 0 aliphatic heterocycles. The third kappa shape index (κ3) is 616. The van der Waals surface area contributed by atoms with Crippen molar-refractivity contribution in [3.8, 4) is 0 Å². The van der Waals surface area contributed by atoms with Crippen molar-refractivity contribution in [3.05, 3.63) is 12.7 Å². The Morgan fingerprint density at radius 3 is 1.50 bits per heavy atom. The van der Waals surface area contributed by atoms with Gasteiger partial charge in [-0.3, -0.25) is 0 Å². The predicted molar refractivity (Wildman–Crippen MR) is 34.7 cm³/mol. The van der Waals surface area contributed by atoms with Gasteiger partial charge >= 0.3 is 0 Å². The molecule has 0 aromatic carbocycles. The average molecular weight is 100 g/mol. The van der Waals surface area contributed by atoms with E-state index in [1.165, 1.54) is 0 Å². The van der Waals surface area contributed by atoms with E-state index in [0.29, 0.717) is 15.2 Å². The van der Waals surface area contributed by atoms with Crippen LogP contribution >= 0.6 is 0 Å². The first-order valence-electron chi connectivity index (χ1n) is 2.40. The molecule has 0 atom stereocenters. The molecule has 0 saturated carbocycles. The van der Waals surface area contributed by atoms with Gasteiger partial charge < -0.3 is 0 Å². The van der Waals surface area contributed by atoms with Gasteiger partial charge in [0.05, 0.1) is 0 Å². The molecule has 6 heavy (non-hydrogen) atoms. The van der Waals surface area contributed by atoms with Gasteiger partial charge in [0.2, 0.25) is 15.2 Å². The van der Waals surface area contributed by atoms with Gasteiger partial charge in [0.1, 0.15) is 0 Å². The Kier molecular flexibility index (Phi) is 29.7. The lowest BCUT2D eigenvalue weighted by molar-refractivity contribution is 1.80. The van der Waals surface area contributed by atoms with Gasteiger partial charge in [-0.25, -0.2) is 0 Å². The summed E-state index contributed by atoms with van der Waals surface area (Å²) in [6.45, 7) is 5.25. The van der Waals surface area contributed by atoms with Crippen LogP contribution in [0.3, 0.4) is 0 Å². The molecule has 0 aliphatic rings. The zero-order valence-electron chi connectivity index (χ0n) is 4.99. The highest BCUT2D eigenvalue weighted by Crippen LogP contribution is 1.38. The third-order valence-electron chi connectivity index (χ3n) is 0. The zero-order valence-corrected chi connectivity index (χ0v) is 6.41. The topological polar surface area (TPSA) is 0 Å². The summed E-state index contributed by atoms with van der Waals surface area (Å²) >= 11 is 0.417. The first-order valence-corrected chi connectivity index (χ1v) is 5.23. The number of hydrogen-bond acceptors (Lipinski definition) is 0. The first kappa shape index (κ1) is 9.55. The predicted octanol–water partition coefficient (Wildman–Crippen LogP) is 1.71. The van der Waals surface area contributed by atoms with E-state index in [0.717, 1.165) is 0 Å². The van der Waals surface area contributed by atoms with Crippen molar-refractivity contribution >= 4 is 15.2 Å². The Morgan fingerprint density at radius 2 is 1.50 bits per heavy atom. The summed E-state index contributed by atoms with van der Waals surface area (Å²) in [4.78, 5) is 0. The monoisotopic (exact) mass is 100 g/mol. The molecule has 0 amide bonds. The molecule has 36 valence electrons. The van der Waals surface area contributed by atoms with Crippen molar-refractivity contribution < 1.29 is 0 Å². The van der Waals surface area contributed by atoms with Crippen molar-refractivity contribution in [3.63, 3.8) is 0 Å². The highest BCUT2D eigenvalue weighted by Gasteiger charge is 1.48. The average Bonchev–Trinajstić information content (AvgIpc) is 1.39. The van der Waals surface area contributed by atoms with Gasteiger partial charge in [-0.05, 0) is 6.92 Å². The molecule has 0 bridgehead atoms. The molecule has 0 rings (SSSR count). The Bertz CT molecular complexity index is 17.9. The van der Waals surface area contributed by atoms with Crippen molar-refractivity contribution in [2.45, 2.75) is 18.5 Å². The second-order valence-corrected chi connectivity index (χ2v) is 2.53. The molecule has 0 nitrogen and oxygen atoms in total.